The monoisotopic (exact) mass is 731 g/mol. The third-order valence-corrected chi connectivity index (χ3v) is 10.7. The maximum absolute atomic E-state index is 6.02. The van der Waals surface area contributed by atoms with E-state index < -0.39 is 0 Å². The lowest BCUT2D eigenvalue weighted by molar-refractivity contribution is 0.619. The van der Waals surface area contributed by atoms with Gasteiger partial charge >= 0.3 is 0 Å². The molecule has 0 amide bonds. The van der Waals surface area contributed by atoms with Crippen LogP contribution in [0.2, 0.25) is 0 Å². The molecular weight excluding hydrogens is 699 g/mol. The highest BCUT2D eigenvalue weighted by atomic mass is 16.4. The molecule has 2 heterocycles. The van der Waals surface area contributed by atoms with Crippen LogP contribution < -0.4 is 4.90 Å². The zero-order valence-electron chi connectivity index (χ0n) is 30.7. The number of nitrogens with zero attached hydrogens (tertiary/aromatic N) is 3. The molecule has 0 saturated carbocycles. The van der Waals surface area contributed by atoms with Crippen LogP contribution in [-0.4, -0.2) is 9.97 Å². The van der Waals surface area contributed by atoms with Crippen LogP contribution in [0.1, 0.15) is 0 Å². The van der Waals surface area contributed by atoms with E-state index in [-0.39, 0.29) is 0 Å². The second-order valence-corrected chi connectivity index (χ2v) is 14.3. The molecule has 0 aliphatic carbocycles. The lowest BCUT2D eigenvalue weighted by atomic mass is 10.00. The number of anilines is 3. The predicted molar refractivity (Wildman–Crippen MR) is 233 cm³/mol. The third kappa shape index (κ3) is 5.99. The fraction of sp³-hybridized carbons (Fsp3) is 0. The summed E-state index contributed by atoms with van der Waals surface area (Å²) in [5.74, 6) is 1.25. The molecule has 0 aliphatic heterocycles. The minimum absolute atomic E-state index is 0.625. The number of para-hydroxylation sites is 4. The molecule has 0 saturated heterocycles. The maximum Gasteiger partial charge on any atom is 0.227 e. The van der Waals surface area contributed by atoms with E-state index >= 15 is 0 Å². The predicted octanol–water partition coefficient (Wildman–Crippen LogP) is 14.4. The fourth-order valence-corrected chi connectivity index (χ4v) is 7.78. The topological polar surface area (TPSA) is 55.3 Å². The lowest BCUT2D eigenvalue weighted by Crippen LogP contribution is -2.10. The Labute approximate surface area is 328 Å². The molecule has 0 bridgehead atoms. The van der Waals surface area contributed by atoms with E-state index in [0.29, 0.717) is 11.8 Å². The van der Waals surface area contributed by atoms with E-state index in [2.05, 4.69) is 167 Å². The van der Waals surface area contributed by atoms with Crippen molar-refractivity contribution in [1.82, 2.24) is 9.97 Å². The van der Waals surface area contributed by atoms with E-state index in [1.165, 1.54) is 21.5 Å². The van der Waals surface area contributed by atoms with E-state index in [1.807, 2.05) is 48.5 Å². The highest BCUT2D eigenvalue weighted by molar-refractivity contribution is 6.06. The van der Waals surface area contributed by atoms with Crippen molar-refractivity contribution in [2.24, 2.45) is 0 Å². The van der Waals surface area contributed by atoms with Gasteiger partial charge in [-0.25, -0.2) is 9.97 Å². The van der Waals surface area contributed by atoms with Gasteiger partial charge in [-0.1, -0.05) is 109 Å². The lowest BCUT2D eigenvalue weighted by Gasteiger charge is -2.27. The number of hydrogen-bond donors (Lipinski definition) is 0. The first-order valence-electron chi connectivity index (χ1n) is 19.0. The minimum Gasteiger partial charge on any atom is -0.436 e. The molecule has 0 unspecified atom stereocenters. The van der Waals surface area contributed by atoms with E-state index in [4.69, 9.17) is 8.83 Å². The van der Waals surface area contributed by atoms with Crippen molar-refractivity contribution in [3.8, 4) is 45.2 Å². The van der Waals surface area contributed by atoms with Gasteiger partial charge in [0.1, 0.15) is 11.0 Å². The Balaban J connectivity index is 0.942. The molecule has 5 nitrogen and oxygen atoms in total. The molecule has 2 aromatic heterocycles. The van der Waals surface area contributed by atoms with Crippen molar-refractivity contribution in [3.63, 3.8) is 0 Å². The molecule has 11 aromatic rings. The summed E-state index contributed by atoms with van der Waals surface area (Å²) >= 11 is 0. The fourth-order valence-electron chi connectivity index (χ4n) is 7.78. The van der Waals surface area contributed by atoms with Crippen molar-refractivity contribution in [2.75, 3.05) is 4.90 Å². The van der Waals surface area contributed by atoms with Gasteiger partial charge in [0.2, 0.25) is 11.8 Å². The summed E-state index contributed by atoms with van der Waals surface area (Å²) in [6, 6.07) is 69.9. The van der Waals surface area contributed by atoms with Crippen LogP contribution >= 0.6 is 0 Å². The molecule has 0 radical (unpaired) electrons. The molecule has 268 valence electrons. The average molecular weight is 732 g/mol. The zero-order chi connectivity index (χ0) is 37.7. The van der Waals surface area contributed by atoms with Crippen LogP contribution in [0.25, 0.3) is 88.9 Å². The first kappa shape index (κ1) is 32.7. The number of oxazole rings is 2. The normalized spacial score (nSPS) is 11.5. The van der Waals surface area contributed by atoms with Crippen LogP contribution in [0.5, 0.6) is 0 Å². The van der Waals surface area contributed by atoms with Crippen LogP contribution in [0, 0.1) is 0 Å². The Hall–Kier alpha value is -7.76. The van der Waals surface area contributed by atoms with Crippen molar-refractivity contribution >= 4 is 60.8 Å². The van der Waals surface area contributed by atoms with Gasteiger partial charge in [0.15, 0.2) is 11.2 Å². The molecular formula is C52H33N3O2. The molecule has 0 N–H and O–H groups in total. The van der Waals surface area contributed by atoms with Gasteiger partial charge in [-0.3, -0.25) is 0 Å². The van der Waals surface area contributed by atoms with Crippen molar-refractivity contribution in [2.45, 2.75) is 0 Å². The summed E-state index contributed by atoms with van der Waals surface area (Å²) in [7, 11) is 0. The summed E-state index contributed by atoms with van der Waals surface area (Å²) in [5.41, 5.74) is 12.9. The van der Waals surface area contributed by atoms with Crippen molar-refractivity contribution < 1.29 is 8.83 Å². The Morgan fingerprint density at radius 2 is 0.737 bits per heavy atom. The van der Waals surface area contributed by atoms with E-state index in [9.17, 15) is 0 Å². The summed E-state index contributed by atoms with van der Waals surface area (Å²) in [6.45, 7) is 0. The number of benzene rings is 9. The molecule has 5 heteroatoms. The highest BCUT2D eigenvalue weighted by Crippen LogP contribution is 2.41. The quantitative estimate of drug-likeness (QED) is 0.153. The van der Waals surface area contributed by atoms with E-state index in [1.54, 1.807) is 0 Å². The molecule has 0 spiro atoms. The molecule has 57 heavy (non-hydrogen) atoms. The van der Waals surface area contributed by atoms with Gasteiger partial charge < -0.3 is 13.7 Å². The van der Waals surface area contributed by atoms with Crippen LogP contribution in [0.4, 0.5) is 17.1 Å². The van der Waals surface area contributed by atoms with Crippen LogP contribution in [0.15, 0.2) is 209 Å². The number of hydrogen-bond acceptors (Lipinski definition) is 5. The third-order valence-electron chi connectivity index (χ3n) is 10.7. The Morgan fingerprint density at radius 3 is 1.23 bits per heavy atom. The number of rotatable bonds is 7. The molecule has 9 aromatic carbocycles. The summed E-state index contributed by atoms with van der Waals surface area (Å²) in [5, 5.41) is 4.83. The van der Waals surface area contributed by atoms with Gasteiger partial charge in [-0.15, -0.1) is 0 Å². The summed E-state index contributed by atoms with van der Waals surface area (Å²) in [4.78, 5) is 11.7. The van der Waals surface area contributed by atoms with E-state index in [0.717, 1.165) is 72.6 Å². The van der Waals surface area contributed by atoms with Crippen molar-refractivity contribution in [3.05, 3.63) is 200 Å². The van der Waals surface area contributed by atoms with Gasteiger partial charge in [-0.2, -0.15) is 0 Å². The molecule has 0 aliphatic rings. The molecule has 0 fully saturated rings. The first-order valence-corrected chi connectivity index (χ1v) is 19.0. The van der Waals surface area contributed by atoms with Gasteiger partial charge in [-0.05, 0) is 129 Å². The van der Waals surface area contributed by atoms with Crippen molar-refractivity contribution in [1.29, 1.82) is 0 Å². The summed E-state index contributed by atoms with van der Waals surface area (Å²) < 4.78 is 12.0. The number of aromatic nitrogens is 2. The highest BCUT2D eigenvalue weighted by Gasteiger charge is 2.17. The number of fused-ring (bicyclic) bond motifs is 4. The van der Waals surface area contributed by atoms with Gasteiger partial charge in [0, 0.05) is 27.9 Å². The second-order valence-electron chi connectivity index (χ2n) is 14.3. The summed E-state index contributed by atoms with van der Waals surface area (Å²) in [6.07, 6.45) is 0. The SMILES string of the molecule is c1ccc2cc3c(N(c4ccc(-c5ccc(-c6nc7ccccc7o6)cc5)cc4)c4ccc(-c5ccc(-c6nc7ccccc7o6)cc5)cc4)cccc3cc2c1. The largest absolute Gasteiger partial charge is 0.436 e. The molecule has 0 atom stereocenters. The Morgan fingerprint density at radius 1 is 0.333 bits per heavy atom. The minimum atomic E-state index is 0.625. The molecule has 11 rings (SSSR count). The second kappa shape index (κ2) is 13.5. The van der Waals surface area contributed by atoms with Crippen LogP contribution in [0.3, 0.4) is 0 Å². The Bertz CT molecular complexity index is 2990. The first-order chi connectivity index (χ1) is 28.2. The Kier molecular flexibility index (Phi) is 7.74. The van der Waals surface area contributed by atoms with Gasteiger partial charge in [0.05, 0.1) is 5.69 Å². The maximum atomic E-state index is 6.02. The smallest absolute Gasteiger partial charge is 0.227 e. The standard InChI is InChI=1S/C52H33N3O2/c1-2-9-41-33-45-42(32-40(41)8-1)10-7-13-48(45)55(43-28-24-36(25-29-43)34-16-20-38(21-17-34)51-53-46-11-3-5-14-49(46)56-51)44-30-26-37(27-31-44)35-18-22-39(23-19-35)52-54-47-12-4-6-15-50(47)57-52/h1-33H. The van der Waals surface area contributed by atoms with Crippen LogP contribution in [-0.2, 0) is 0 Å². The zero-order valence-corrected chi connectivity index (χ0v) is 30.7. The average Bonchev–Trinajstić information content (AvgIpc) is 3.92. The van der Waals surface area contributed by atoms with Gasteiger partial charge in [0.25, 0.3) is 0 Å².